The van der Waals surface area contributed by atoms with E-state index < -0.39 is 0 Å². The Balaban J connectivity index is 2.66. The molecule has 3 heteroatoms. The average Bonchev–Trinajstić information content (AvgIpc) is 2.26. The van der Waals surface area contributed by atoms with Crippen LogP contribution < -0.4 is 0 Å². The van der Waals surface area contributed by atoms with Crippen molar-refractivity contribution in [2.75, 3.05) is 7.05 Å². The summed E-state index contributed by atoms with van der Waals surface area (Å²) in [5, 5.41) is 0. The number of hydrogen-bond donors (Lipinski definition) is 0. The summed E-state index contributed by atoms with van der Waals surface area (Å²) in [4.78, 5) is 13.7. The molecule has 0 spiro atoms. The Kier molecular flexibility index (Phi) is 5.19. The van der Waals surface area contributed by atoms with Crippen molar-refractivity contribution < 1.29 is 4.79 Å². The van der Waals surface area contributed by atoms with Crippen LogP contribution in [0.2, 0.25) is 0 Å². The highest BCUT2D eigenvalue weighted by Gasteiger charge is 2.22. The van der Waals surface area contributed by atoms with Gasteiger partial charge in [-0.05, 0) is 18.4 Å². The molecule has 2 nitrogen and oxygen atoms in total. The van der Waals surface area contributed by atoms with Crippen molar-refractivity contribution in [3.63, 3.8) is 0 Å². The lowest BCUT2D eigenvalue weighted by Crippen LogP contribution is -2.35. The number of amides is 1. The number of alkyl halides is 1. The van der Waals surface area contributed by atoms with E-state index in [0.29, 0.717) is 12.5 Å². The zero-order valence-electron chi connectivity index (χ0n) is 10.9. The molecule has 1 unspecified atom stereocenters. The number of halogens is 1. The van der Waals surface area contributed by atoms with Crippen LogP contribution >= 0.6 is 15.9 Å². The van der Waals surface area contributed by atoms with Gasteiger partial charge in [-0.3, -0.25) is 4.79 Å². The van der Waals surface area contributed by atoms with Crippen molar-refractivity contribution in [1.82, 2.24) is 4.90 Å². The second kappa shape index (κ2) is 6.20. The molecule has 0 bridgehead atoms. The lowest BCUT2D eigenvalue weighted by molar-refractivity contribution is -0.130. The first-order valence-corrected chi connectivity index (χ1v) is 6.78. The molecule has 0 saturated heterocycles. The summed E-state index contributed by atoms with van der Waals surface area (Å²) in [6, 6.07) is 8.25. The van der Waals surface area contributed by atoms with Crippen LogP contribution in [-0.4, -0.2) is 22.7 Å². The maximum absolute atomic E-state index is 12.1. The summed E-state index contributed by atoms with van der Waals surface area (Å²) in [5.41, 5.74) is 2.40. The highest BCUT2D eigenvalue weighted by Crippen LogP contribution is 2.16. The fourth-order valence-corrected chi connectivity index (χ4v) is 2.01. The Morgan fingerprint density at radius 3 is 2.59 bits per heavy atom. The van der Waals surface area contributed by atoms with Crippen molar-refractivity contribution in [2.45, 2.75) is 32.1 Å². The number of carbonyl (C=O) groups excluding carboxylic acids is 1. The summed E-state index contributed by atoms with van der Waals surface area (Å²) >= 11 is 3.44. The van der Waals surface area contributed by atoms with Crippen LogP contribution in [0.15, 0.2) is 24.3 Å². The summed E-state index contributed by atoms with van der Waals surface area (Å²) in [6.07, 6.45) is 0. The van der Waals surface area contributed by atoms with Crippen molar-refractivity contribution in [1.29, 1.82) is 0 Å². The van der Waals surface area contributed by atoms with Gasteiger partial charge in [0.15, 0.2) is 0 Å². The van der Waals surface area contributed by atoms with Crippen LogP contribution in [0.25, 0.3) is 0 Å². The summed E-state index contributed by atoms with van der Waals surface area (Å²) < 4.78 is 0. The molecular weight excluding hydrogens is 278 g/mol. The maximum atomic E-state index is 12.1. The van der Waals surface area contributed by atoms with Gasteiger partial charge in [0.2, 0.25) is 5.91 Å². The topological polar surface area (TPSA) is 20.3 Å². The molecule has 1 aromatic carbocycles. The first-order chi connectivity index (χ1) is 7.91. The minimum atomic E-state index is -0.0997. The smallest absolute Gasteiger partial charge is 0.236 e. The van der Waals surface area contributed by atoms with E-state index in [-0.39, 0.29) is 10.7 Å². The van der Waals surface area contributed by atoms with Gasteiger partial charge >= 0.3 is 0 Å². The van der Waals surface area contributed by atoms with E-state index in [9.17, 15) is 4.79 Å². The van der Waals surface area contributed by atoms with Gasteiger partial charge in [0.25, 0.3) is 0 Å². The molecule has 1 rings (SSSR count). The molecule has 0 heterocycles. The van der Waals surface area contributed by atoms with Crippen LogP contribution in [0.3, 0.4) is 0 Å². The number of rotatable bonds is 4. The predicted octanol–water partition coefficient (Wildman–Crippen LogP) is 3.37. The Morgan fingerprint density at radius 2 is 2.06 bits per heavy atom. The molecule has 17 heavy (non-hydrogen) atoms. The normalized spacial score (nSPS) is 12.6. The molecule has 0 aliphatic heterocycles. The fraction of sp³-hybridized carbons (Fsp3) is 0.500. The lowest BCUT2D eigenvalue weighted by atomic mass is 10.1. The summed E-state index contributed by atoms with van der Waals surface area (Å²) in [5.74, 6) is 0.448. The molecule has 0 fully saturated rings. The Hall–Kier alpha value is -0.830. The van der Waals surface area contributed by atoms with Gasteiger partial charge in [-0.15, -0.1) is 0 Å². The fourth-order valence-electron chi connectivity index (χ4n) is 1.66. The molecule has 0 saturated carbocycles. The standard InChI is InChI=1S/C14H20BrNO/c1-10(2)13(15)14(17)16(4)9-12-7-5-6-11(3)8-12/h5-8,10,13H,9H2,1-4H3. The van der Waals surface area contributed by atoms with Crippen LogP contribution in [-0.2, 0) is 11.3 Å². The van der Waals surface area contributed by atoms with E-state index in [2.05, 4.69) is 41.1 Å². The minimum absolute atomic E-state index is 0.0997. The van der Waals surface area contributed by atoms with E-state index in [0.717, 1.165) is 0 Å². The third-order valence-electron chi connectivity index (χ3n) is 2.70. The monoisotopic (exact) mass is 297 g/mol. The highest BCUT2D eigenvalue weighted by molar-refractivity contribution is 9.10. The van der Waals surface area contributed by atoms with Gasteiger partial charge in [0, 0.05) is 13.6 Å². The molecule has 1 amide bonds. The molecule has 0 aliphatic carbocycles. The van der Waals surface area contributed by atoms with Crippen molar-refractivity contribution in [2.24, 2.45) is 5.92 Å². The molecule has 0 aromatic heterocycles. The van der Waals surface area contributed by atoms with Crippen molar-refractivity contribution in [3.8, 4) is 0 Å². The second-order valence-electron chi connectivity index (χ2n) is 4.83. The third kappa shape index (κ3) is 4.15. The molecule has 0 radical (unpaired) electrons. The predicted molar refractivity (Wildman–Crippen MR) is 75.2 cm³/mol. The highest BCUT2D eigenvalue weighted by atomic mass is 79.9. The molecule has 1 aromatic rings. The zero-order chi connectivity index (χ0) is 13.0. The van der Waals surface area contributed by atoms with Crippen molar-refractivity contribution >= 4 is 21.8 Å². The average molecular weight is 298 g/mol. The first kappa shape index (κ1) is 14.2. The van der Waals surface area contributed by atoms with Crippen LogP contribution in [0.5, 0.6) is 0 Å². The summed E-state index contributed by atoms with van der Waals surface area (Å²) in [6.45, 7) is 6.80. The second-order valence-corrected chi connectivity index (χ2v) is 5.82. The molecule has 0 aliphatic rings. The summed E-state index contributed by atoms with van der Waals surface area (Å²) in [7, 11) is 1.85. The van der Waals surface area contributed by atoms with E-state index in [1.165, 1.54) is 11.1 Å². The molecule has 0 N–H and O–H groups in total. The minimum Gasteiger partial charge on any atom is -0.340 e. The quantitative estimate of drug-likeness (QED) is 0.780. The Bertz CT molecular complexity index is 390. The molecule has 94 valence electrons. The zero-order valence-corrected chi connectivity index (χ0v) is 12.5. The SMILES string of the molecule is Cc1cccc(CN(C)C(=O)C(Br)C(C)C)c1. The van der Waals surface area contributed by atoms with Crippen LogP contribution in [0.4, 0.5) is 0 Å². The Labute approximate surface area is 112 Å². The number of nitrogens with zero attached hydrogens (tertiary/aromatic N) is 1. The number of hydrogen-bond acceptors (Lipinski definition) is 1. The van der Waals surface area contributed by atoms with E-state index in [1.54, 1.807) is 4.90 Å². The van der Waals surface area contributed by atoms with Gasteiger partial charge in [0.1, 0.15) is 0 Å². The first-order valence-electron chi connectivity index (χ1n) is 5.86. The van der Waals surface area contributed by atoms with Crippen LogP contribution in [0, 0.1) is 12.8 Å². The van der Waals surface area contributed by atoms with Gasteiger partial charge in [-0.1, -0.05) is 59.6 Å². The van der Waals surface area contributed by atoms with E-state index in [1.807, 2.05) is 27.0 Å². The van der Waals surface area contributed by atoms with Gasteiger partial charge in [-0.25, -0.2) is 0 Å². The van der Waals surface area contributed by atoms with Crippen molar-refractivity contribution in [3.05, 3.63) is 35.4 Å². The lowest BCUT2D eigenvalue weighted by Gasteiger charge is -2.22. The maximum Gasteiger partial charge on any atom is 0.236 e. The van der Waals surface area contributed by atoms with Gasteiger partial charge in [-0.2, -0.15) is 0 Å². The largest absolute Gasteiger partial charge is 0.340 e. The van der Waals surface area contributed by atoms with Crippen LogP contribution in [0.1, 0.15) is 25.0 Å². The number of carbonyl (C=O) groups is 1. The van der Waals surface area contributed by atoms with E-state index >= 15 is 0 Å². The third-order valence-corrected chi connectivity index (χ3v) is 4.15. The molecule has 1 atom stereocenters. The Morgan fingerprint density at radius 1 is 1.41 bits per heavy atom. The number of benzene rings is 1. The molecular formula is C14H20BrNO. The van der Waals surface area contributed by atoms with Gasteiger partial charge < -0.3 is 4.90 Å². The van der Waals surface area contributed by atoms with Gasteiger partial charge in [0.05, 0.1) is 4.83 Å². The van der Waals surface area contributed by atoms with E-state index in [4.69, 9.17) is 0 Å². The number of aryl methyl sites for hydroxylation is 1.